The van der Waals surface area contributed by atoms with Crippen molar-refractivity contribution < 1.29 is 4.39 Å². The van der Waals surface area contributed by atoms with Crippen LogP contribution in [0.3, 0.4) is 0 Å². The number of aromatic nitrogens is 2. The van der Waals surface area contributed by atoms with Crippen molar-refractivity contribution in [2.75, 3.05) is 0 Å². The number of hydrogen-bond donors (Lipinski definition) is 1. The van der Waals surface area contributed by atoms with E-state index in [4.69, 9.17) is 0 Å². The molecule has 0 fully saturated rings. The standard InChI is InChI=1S/C18H18FN3.ClH/c1-22-12-11-20-18(22)17(14-7-3-2-4-8-14)21-13-15-9-5-6-10-16(15)19;/h2-12,17,21H,13H2,1H3;1H. The molecule has 0 aliphatic heterocycles. The van der Waals surface area contributed by atoms with Crippen LogP contribution in [0.5, 0.6) is 0 Å². The summed E-state index contributed by atoms with van der Waals surface area (Å²) in [7, 11) is 1.96. The van der Waals surface area contributed by atoms with Gasteiger partial charge in [-0.25, -0.2) is 9.37 Å². The molecule has 23 heavy (non-hydrogen) atoms. The highest BCUT2D eigenvalue weighted by Crippen LogP contribution is 2.21. The predicted molar refractivity (Wildman–Crippen MR) is 92.0 cm³/mol. The van der Waals surface area contributed by atoms with Crippen molar-refractivity contribution in [1.29, 1.82) is 0 Å². The van der Waals surface area contributed by atoms with E-state index in [0.29, 0.717) is 12.1 Å². The first kappa shape index (κ1) is 17.2. The Morgan fingerprint density at radius 1 is 1.09 bits per heavy atom. The molecule has 0 amide bonds. The van der Waals surface area contributed by atoms with E-state index in [1.165, 1.54) is 6.07 Å². The number of hydrogen-bond acceptors (Lipinski definition) is 2. The number of imidazole rings is 1. The molecule has 3 aromatic rings. The van der Waals surface area contributed by atoms with Crippen molar-refractivity contribution >= 4 is 12.4 Å². The van der Waals surface area contributed by atoms with Gasteiger partial charge in [-0.1, -0.05) is 48.5 Å². The highest BCUT2D eigenvalue weighted by Gasteiger charge is 2.18. The van der Waals surface area contributed by atoms with E-state index >= 15 is 0 Å². The molecule has 5 heteroatoms. The van der Waals surface area contributed by atoms with Crippen LogP contribution in [0.25, 0.3) is 0 Å². The highest BCUT2D eigenvalue weighted by molar-refractivity contribution is 5.85. The molecule has 120 valence electrons. The van der Waals surface area contributed by atoms with Crippen LogP contribution in [0.4, 0.5) is 4.39 Å². The molecular formula is C18H19ClFN3. The zero-order valence-electron chi connectivity index (χ0n) is 12.8. The van der Waals surface area contributed by atoms with Crippen LogP contribution in [0.15, 0.2) is 67.0 Å². The first-order valence-corrected chi connectivity index (χ1v) is 7.24. The van der Waals surface area contributed by atoms with Crippen LogP contribution in [0.1, 0.15) is 23.0 Å². The van der Waals surface area contributed by atoms with Crippen LogP contribution in [0.2, 0.25) is 0 Å². The maximum Gasteiger partial charge on any atom is 0.130 e. The summed E-state index contributed by atoms with van der Waals surface area (Å²) in [6.45, 7) is 0.444. The third kappa shape index (κ3) is 3.97. The van der Waals surface area contributed by atoms with E-state index in [0.717, 1.165) is 11.4 Å². The van der Waals surface area contributed by atoms with Crippen LogP contribution < -0.4 is 5.32 Å². The fraction of sp³-hybridized carbons (Fsp3) is 0.167. The van der Waals surface area contributed by atoms with Crippen molar-refractivity contribution in [3.05, 3.63) is 89.8 Å². The van der Waals surface area contributed by atoms with Gasteiger partial charge in [0, 0.05) is 31.5 Å². The second-order valence-electron chi connectivity index (χ2n) is 5.21. The van der Waals surface area contributed by atoms with Crippen LogP contribution in [-0.2, 0) is 13.6 Å². The largest absolute Gasteiger partial charge is 0.336 e. The van der Waals surface area contributed by atoms with E-state index < -0.39 is 0 Å². The third-order valence-electron chi connectivity index (χ3n) is 3.70. The first-order chi connectivity index (χ1) is 10.8. The molecule has 1 aromatic heterocycles. The molecule has 2 aromatic carbocycles. The fourth-order valence-electron chi connectivity index (χ4n) is 2.51. The van der Waals surface area contributed by atoms with E-state index in [9.17, 15) is 4.39 Å². The Kier molecular flexibility index (Phi) is 5.90. The molecule has 1 N–H and O–H groups in total. The van der Waals surface area contributed by atoms with E-state index in [-0.39, 0.29) is 24.3 Å². The molecule has 1 heterocycles. The minimum atomic E-state index is -0.193. The summed E-state index contributed by atoms with van der Waals surface area (Å²) in [5.41, 5.74) is 1.76. The Bertz CT molecular complexity index is 743. The number of nitrogens with zero attached hydrogens (tertiary/aromatic N) is 2. The number of rotatable bonds is 5. The Balaban J connectivity index is 0.00000192. The molecular weight excluding hydrogens is 313 g/mol. The van der Waals surface area contributed by atoms with Gasteiger partial charge in [-0.05, 0) is 11.6 Å². The second kappa shape index (κ2) is 7.90. The summed E-state index contributed by atoms with van der Waals surface area (Å²) in [6, 6.07) is 16.8. The van der Waals surface area contributed by atoms with Gasteiger partial charge >= 0.3 is 0 Å². The van der Waals surface area contributed by atoms with Crippen LogP contribution in [0, 0.1) is 5.82 Å². The predicted octanol–water partition coefficient (Wildman–Crippen LogP) is 3.86. The van der Waals surface area contributed by atoms with Crippen molar-refractivity contribution in [2.24, 2.45) is 7.05 Å². The minimum absolute atomic E-state index is 0. The summed E-state index contributed by atoms with van der Waals surface area (Å²) >= 11 is 0. The van der Waals surface area contributed by atoms with Gasteiger partial charge < -0.3 is 4.57 Å². The Hall–Kier alpha value is -2.17. The lowest BCUT2D eigenvalue weighted by atomic mass is 10.1. The van der Waals surface area contributed by atoms with Gasteiger partial charge in [0.2, 0.25) is 0 Å². The quantitative estimate of drug-likeness (QED) is 0.769. The van der Waals surface area contributed by atoms with Crippen molar-refractivity contribution in [3.8, 4) is 0 Å². The molecule has 1 atom stereocenters. The summed E-state index contributed by atoms with van der Waals surface area (Å²) in [4.78, 5) is 4.43. The lowest BCUT2D eigenvalue weighted by Crippen LogP contribution is -2.25. The molecule has 0 saturated carbocycles. The molecule has 0 saturated heterocycles. The Morgan fingerprint density at radius 3 is 2.43 bits per heavy atom. The second-order valence-corrected chi connectivity index (χ2v) is 5.21. The zero-order valence-corrected chi connectivity index (χ0v) is 13.6. The van der Waals surface area contributed by atoms with Crippen molar-refractivity contribution in [1.82, 2.24) is 14.9 Å². The Morgan fingerprint density at radius 2 is 1.78 bits per heavy atom. The molecule has 3 rings (SSSR count). The highest BCUT2D eigenvalue weighted by atomic mass is 35.5. The molecule has 0 spiro atoms. The third-order valence-corrected chi connectivity index (χ3v) is 3.70. The number of halogens is 2. The number of nitrogens with one attached hydrogen (secondary N) is 1. The van der Waals surface area contributed by atoms with Crippen LogP contribution >= 0.6 is 12.4 Å². The number of aryl methyl sites for hydroxylation is 1. The average Bonchev–Trinajstić information content (AvgIpc) is 2.96. The van der Waals surface area contributed by atoms with Crippen molar-refractivity contribution in [3.63, 3.8) is 0 Å². The smallest absolute Gasteiger partial charge is 0.130 e. The first-order valence-electron chi connectivity index (χ1n) is 7.24. The summed E-state index contributed by atoms with van der Waals surface area (Å²) in [5, 5.41) is 3.41. The molecule has 3 nitrogen and oxygen atoms in total. The zero-order chi connectivity index (χ0) is 15.4. The summed E-state index contributed by atoms with van der Waals surface area (Å²) in [5.74, 6) is 0.712. The lowest BCUT2D eigenvalue weighted by Gasteiger charge is -2.19. The van der Waals surface area contributed by atoms with Crippen LogP contribution in [-0.4, -0.2) is 9.55 Å². The van der Waals surface area contributed by atoms with Gasteiger partial charge in [0.1, 0.15) is 11.6 Å². The molecule has 0 aliphatic carbocycles. The Labute approximate surface area is 141 Å². The SMILES string of the molecule is Cl.Cn1ccnc1C(NCc1ccccc1F)c1ccccc1. The van der Waals surface area contributed by atoms with E-state index in [2.05, 4.69) is 10.3 Å². The fourth-order valence-corrected chi connectivity index (χ4v) is 2.51. The maximum absolute atomic E-state index is 13.8. The monoisotopic (exact) mass is 331 g/mol. The molecule has 0 radical (unpaired) electrons. The maximum atomic E-state index is 13.8. The molecule has 1 unspecified atom stereocenters. The topological polar surface area (TPSA) is 29.9 Å². The number of benzene rings is 2. The normalized spacial score (nSPS) is 11.7. The lowest BCUT2D eigenvalue weighted by molar-refractivity contribution is 0.535. The van der Waals surface area contributed by atoms with Gasteiger partial charge in [0.25, 0.3) is 0 Å². The molecule has 0 aliphatic rings. The minimum Gasteiger partial charge on any atom is -0.336 e. The van der Waals surface area contributed by atoms with E-state index in [1.807, 2.05) is 54.2 Å². The average molecular weight is 332 g/mol. The van der Waals surface area contributed by atoms with E-state index in [1.54, 1.807) is 18.3 Å². The van der Waals surface area contributed by atoms with Gasteiger partial charge in [0.15, 0.2) is 0 Å². The van der Waals surface area contributed by atoms with Crippen molar-refractivity contribution in [2.45, 2.75) is 12.6 Å². The summed E-state index contributed by atoms with van der Waals surface area (Å²) in [6.07, 6.45) is 3.69. The summed E-state index contributed by atoms with van der Waals surface area (Å²) < 4.78 is 15.8. The van der Waals surface area contributed by atoms with Gasteiger partial charge in [0.05, 0.1) is 6.04 Å². The molecule has 0 bridgehead atoms. The van der Waals surface area contributed by atoms with Gasteiger partial charge in [-0.2, -0.15) is 0 Å². The van der Waals surface area contributed by atoms with Gasteiger partial charge in [-0.15, -0.1) is 12.4 Å². The van der Waals surface area contributed by atoms with Gasteiger partial charge in [-0.3, -0.25) is 5.32 Å².